The Kier molecular flexibility index (Phi) is 4.56. The molecule has 0 aliphatic rings. The van der Waals surface area contributed by atoms with E-state index in [1.54, 1.807) is 13.8 Å². The minimum Gasteiger partial charge on any atom is -0.392 e. The molecular formula is C15H17F2N3O2. The molecule has 0 saturated heterocycles. The van der Waals surface area contributed by atoms with Crippen LogP contribution in [0.5, 0.6) is 0 Å². The third-order valence-electron chi connectivity index (χ3n) is 3.15. The van der Waals surface area contributed by atoms with E-state index < -0.39 is 23.6 Å². The molecule has 0 aliphatic carbocycles. The van der Waals surface area contributed by atoms with Gasteiger partial charge in [0.15, 0.2) is 17.3 Å². The number of para-hydroxylation sites is 1. The van der Waals surface area contributed by atoms with Crippen molar-refractivity contribution in [2.75, 3.05) is 13.6 Å². The number of carbonyl (C=O) groups is 1. The average Bonchev–Trinajstić information content (AvgIpc) is 2.78. The monoisotopic (exact) mass is 309 g/mol. The first-order valence-electron chi connectivity index (χ1n) is 6.75. The average molecular weight is 309 g/mol. The van der Waals surface area contributed by atoms with Gasteiger partial charge in [-0.05, 0) is 26.0 Å². The molecule has 1 heterocycles. The van der Waals surface area contributed by atoms with Crippen LogP contribution in [-0.4, -0.2) is 45.4 Å². The number of aliphatic hydroxyl groups excluding tert-OH is 1. The number of hydrogen-bond acceptors (Lipinski definition) is 3. The predicted octanol–water partition coefficient (Wildman–Crippen LogP) is 1.91. The highest BCUT2D eigenvalue weighted by atomic mass is 19.1. The van der Waals surface area contributed by atoms with Crippen LogP contribution < -0.4 is 0 Å². The van der Waals surface area contributed by atoms with Gasteiger partial charge in [0.1, 0.15) is 5.69 Å². The molecule has 0 saturated carbocycles. The first-order valence-corrected chi connectivity index (χ1v) is 6.75. The van der Waals surface area contributed by atoms with Crippen LogP contribution in [0.1, 0.15) is 23.0 Å². The van der Waals surface area contributed by atoms with E-state index in [2.05, 4.69) is 5.10 Å². The van der Waals surface area contributed by atoms with Crippen molar-refractivity contribution in [2.24, 2.45) is 0 Å². The van der Waals surface area contributed by atoms with Gasteiger partial charge < -0.3 is 10.0 Å². The number of aliphatic hydroxyl groups is 1. The first-order chi connectivity index (χ1) is 10.3. The minimum atomic E-state index is -0.765. The fraction of sp³-hybridized carbons (Fsp3) is 0.333. The zero-order valence-electron chi connectivity index (χ0n) is 12.5. The maximum atomic E-state index is 13.8. The summed E-state index contributed by atoms with van der Waals surface area (Å²) in [6, 6.07) is 3.50. The third kappa shape index (κ3) is 3.14. The topological polar surface area (TPSA) is 58.4 Å². The van der Waals surface area contributed by atoms with Crippen LogP contribution in [0, 0.1) is 18.6 Å². The molecule has 0 aliphatic heterocycles. The van der Waals surface area contributed by atoms with Crippen molar-refractivity contribution in [2.45, 2.75) is 20.0 Å². The molecule has 1 atom stereocenters. The zero-order chi connectivity index (χ0) is 16.4. The summed E-state index contributed by atoms with van der Waals surface area (Å²) in [6.45, 7) is 3.33. The normalized spacial score (nSPS) is 12.3. The van der Waals surface area contributed by atoms with E-state index in [4.69, 9.17) is 0 Å². The summed E-state index contributed by atoms with van der Waals surface area (Å²) in [7, 11) is 1.52. The van der Waals surface area contributed by atoms with Crippen LogP contribution in [0.3, 0.4) is 0 Å². The lowest BCUT2D eigenvalue weighted by Gasteiger charge is -2.17. The Hall–Kier alpha value is -2.28. The number of nitrogens with zero attached hydrogens (tertiary/aromatic N) is 3. The van der Waals surface area contributed by atoms with E-state index >= 15 is 0 Å². The van der Waals surface area contributed by atoms with Crippen LogP contribution in [0.25, 0.3) is 5.69 Å². The molecule has 5 nitrogen and oxygen atoms in total. The number of hydrogen-bond donors (Lipinski definition) is 1. The molecule has 2 rings (SSSR count). The SMILES string of the molecule is Cc1cn(-c2c(F)cccc2F)nc1C(=O)N(C)C[C@@H](C)O. The van der Waals surface area contributed by atoms with Crippen molar-refractivity contribution in [3.8, 4) is 5.69 Å². The van der Waals surface area contributed by atoms with Gasteiger partial charge in [0.2, 0.25) is 0 Å². The second kappa shape index (κ2) is 6.23. The van der Waals surface area contributed by atoms with Crippen LogP contribution in [0.15, 0.2) is 24.4 Å². The minimum absolute atomic E-state index is 0.0887. The molecule has 2 aromatic rings. The van der Waals surface area contributed by atoms with E-state index in [0.29, 0.717) is 5.56 Å². The molecule has 1 aromatic carbocycles. The molecule has 1 amide bonds. The number of halogens is 2. The fourth-order valence-electron chi connectivity index (χ4n) is 2.15. The number of carbonyl (C=O) groups excluding carboxylic acids is 1. The second-order valence-corrected chi connectivity index (χ2v) is 5.21. The molecule has 1 aromatic heterocycles. The summed E-state index contributed by atoms with van der Waals surface area (Å²) in [5.41, 5.74) is 0.249. The highest BCUT2D eigenvalue weighted by Gasteiger charge is 2.21. The highest BCUT2D eigenvalue weighted by Crippen LogP contribution is 2.19. The molecular weight excluding hydrogens is 292 g/mol. The summed E-state index contributed by atoms with van der Waals surface area (Å²) >= 11 is 0. The molecule has 0 unspecified atom stereocenters. The summed E-state index contributed by atoms with van der Waals surface area (Å²) in [5, 5.41) is 13.3. The van der Waals surface area contributed by atoms with Crippen molar-refractivity contribution in [1.82, 2.24) is 14.7 Å². The molecule has 22 heavy (non-hydrogen) atoms. The number of rotatable bonds is 4. The fourth-order valence-corrected chi connectivity index (χ4v) is 2.15. The maximum absolute atomic E-state index is 13.8. The van der Waals surface area contributed by atoms with Crippen LogP contribution in [-0.2, 0) is 0 Å². The smallest absolute Gasteiger partial charge is 0.274 e. The van der Waals surface area contributed by atoms with Gasteiger partial charge >= 0.3 is 0 Å². The summed E-state index contributed by atoms with van der Waals surface area (Å²) < 4.78 is 28.6. The second-order valence-electron chi connectivity index (χ2n) is 5.21. The Labute approximate surface area is 126 Å². The van der Waals surface area contributed by atoms with Crippen molar-refractivity contribution >= 4 is 5.91 Å². The van der Waals surface area contributed by atoms with Gasteiger partial charge in [0, 0.05) is 25.4 Å². The first kappa shape index (κ1) is 16.1. The van der Waals surface area contributed by atoms with Gasteiger partial charge in [-0.2, -0.15) is 5.10 Å². The molecule has 1 N–H and O–H groups in total. The van der Waals surface area contributed by atoms with Crippen molar-refractivity contribution in [3.05, 3.63) is 47.3 Å². The molecule has 7 heteroatoms. The van der Waals surface area contributed by atoms with E-state index in [9.17, 15) is 18.7 Å². The number of amides is 1. The maximum Gasteiger partial charge on any atom is 0.274 e. The molecule has 0 spiro atoms. The van der Waals surface area contributed by atoms with Gasteiger partial charge in [0.05, 0.1) is 6.10 Å². The standard InChI is InChI=1S/C15H17F2N3O2/c1-9-7-20(14-11(16)5-4-6-12(14)17)18-13(9)15(22)19(3)8-10(2)21/h4-7,10,21H,8H2,1-3H3/t10-/m1/s1. The van der Waals surface area contributed by atoms with E-state index in [-0.39, 0.29) is 17.9 Å². The highest BCUT2D eigenvalue weighted by molar-refractivity contribution is 5.93. The molecule has 0 fully saturated rings. The number of aromatic nitrogens is 2. The van der Waals surface area contributed by atoms with Gasteiger partial charge in [-0.15, -0.1) is 0 Å². The number of likely N-dealkylation sites (N-methyl/N-ethyl adjacent to an activating group) is 1. The summed E-state index contributed by atoms with van der Waals surface area (Å²) in [5.74, 6) is -1.95. The third-order valence-corrected chi connectivity index (χ3v) is 3.15. The lowest BCUT2D eigenvalue weighted by atomic mass is 10.2. The largest absolute Gasteiger partial charge is 0.392 e. The van der Waals surface area contributed by atoms with Gasteiger partial charge in [-0.1, -0.05) is 6.07 Å². The Morgan fingerprint density at radius 3 is 2.55 bits per heavy atom. The van der Waals surface area contributed by atoms with Gasteiger partial charge in [-0.3, -0.25) is 4.79 Å². The summed E-state index contributed by atoms with van der Waals surface area (Å²) in [4.78, 5) is 13.6. The zero-order valence-corrected chi connectivity index (χ0v) is 12.5. The molecule has 0 radical (unpaired) electrons. The molecule has 118 valence electrons. The lowest BCUT2D eigenvalue weighted by Crippen LogP contribution is -2.33. The van der Waals surface area contributed by atoms with Crippen molar-refractivity contribution < 1.29 is 18.7 Å². The van der Waals surface area contributed by atoms with Crippen molar-refractivity contribution in [3.63, 3.8) is 0 Å². The van der Waals surface area contributed by atoms with Crippen LogP contribution in [0.2, 0.25) is 0 Å². The van der Waals surface area contributed by atoms with Crippen LogP contribution >= 0.6 is 0 Å². The predicted molar refractivity (Wildman–Crippen MR) is 76.9 cm³/mol. The van der Waals surface area contributed by atoms with E-state index in [1.165, 1.54) is 24.2 Å². The van der Waals surface area contributed by atoms with Gasteiger partial charge in [-0.25, -0.2) is 13.5 Å². The molecule has 0 bridgehead atoms. The van der Waals surface area contributed by atoms with Gasteiger partial charge in [0.25, 0.3) is 5.91 Å². The Balaban J connectivity index is 2.38. The Bertz CT molecular complexity index is 678. The number of aryl methyl sites for hydroxylation is 1. The Morgan fingerprint density at radius 1 is 1.41 bits per heavy atom. The van der Waals surface area contributed by atoms with Crippen molar-refractivity contribution in [1.29, 1.82) is 0 Å². The van der Waals surface area contributed by atoms with E-state index in [1.807, 2.05) is 0 Å². The Morgan fingerprint density at radius 2 is 2.00 bits per heavy atom. The lowest BCUT2D eigenvalue weighted by molar-refractivity contribution is 0.0697. The van der Waals surface area contributed by atoms with Crippen LogP contribution in [0.4, 0.5) is 8.78 Å². The quantitative estimate of drug-likeness (QED) is 0.938. The van der Waals surface area contributed by atoms with E-state index in [0.717, 1.165) is 16.8 Å². The summed E-state index contributed by atoms with van der Waals surface area (Å²) in [6.07, 6.45) is 0.714. The number of benzene rings is 1.